The molecule has 2 heterocycles. The lowest BCUT2D eigenvalue weighted by atomic mass is 9.86. The Labute approximate surface area is 142 Å². The molecule has 0 unspecified atom stereocenters. The van der Waals surface area contributed by atoms with Crippen molar-refractivity contribution in [1.29, 1.82) is 0 Å². The SMILES string of the molecule is O=C1c2ccccc2C(=O)c2c1c(C(=O)NCCO)c1ccccn21. The van der Waals surface area contributed by atoms with Gasteiger partial charge in [0, 0.05) is 23.9 Å². The van der Waals surface area contributed by atoms with E-state index in [1.165, 1.54) is 0 Å². The zero-order chi connectivity index (χ0) is 17.6. The fourth-order valence-corrected chi connectivity index (χ4v) is 3.28. The van der Waals surface area contributed by atoms with Gasteiger partial charge in [-0.2, -0.15) is 0 Å². The van der Waals surface area contributed by atoms with E-state index in [1.54, 1.807) is 53.1 Å². The van der Waals surface area contributed by atoms with E-state index in [4.69, 9.17) is 5.11 Å². The third kappa shape index (κ3) is 2.11. The van der Waals surface area contributed by atoms with E-state index in [0.717, 1.165) is 0 Å². The lowest BCUT2D eigenvalue weighted by Gasteiger charge is -2.15. The predicted octanol–water partition coefficient (Wildman–Crippen LogP) is 1.44. The topological polar surface area (TPSA) is 87.9 Å². The number of nitrogens with one attached hydrogen (secondary N) is 1. The smallest absolute Gasteiger partial charge is 0.254 e. The second-order valence-corrected chi connectivity index (χ2v) is 5.74. The highest BCUT2D eigenvalue weighted by atomic mass is 16.3. The van der Waals surface area contributed by atoms with Crippen LogP contribution in [0.15, 0.2) is 48.7 Å². The number of rotatable bonds is 3. The molecule has 0 radical (unpaired) electrons. The van der Waals surface area contributed by atoms with Crippen molar-refractivity contribution < 1.29 is 19.5 Å². The third-order valence-electron chi connectivity index (χ3n) is 4.33. The fourth-order valence-electron chi connectivity index (χ4n) is 3.28. The number of benzene rings is 1. The molecule has 0 spiro atoms. The molecular formula is C19H14N2O4. The molecule has 0 bridgehead atoms. The van der Waals surface area contributed by atoms with Crippen LogP contribution in [0, 0.1) is 0 Å². The number of pyridine rings is 1. The predicted molar refractivity (Wildman–Crippen MR) is 90.1 cm³/mol. The van der Waals surface area contributed by atoms with Crippen molar-refractivity contribution >= 4 is 23.0 Å². The first-order valence-electron chi connectivity index (χ1n) is 7.85. The Morgan fingerprint density at radius 3 is 2.40 bits per heavy atom. The van der Waals surface area contributed by atoms with E-state index < -0.39 is 5.91 Å². The highest BCUT2D eigenvalue weighted by Crippen LogP contribution is 2.33. The maximum absolute atomic E-state index is 13.0. The standard InChI is InChI=1S/C19H14N2O4/c22-10-8-20-19(25)14-13-7-3-4-9-21(13)16-15(14)17(23)11-5-1-2-6-12(11)18(16)24/h1-7,9,22H,8,10H2,(H,20,25). The fraction of sp³-hybridized carbons (Fsp3) is 0.105. The maximum atomic E-state index is 13.0. The van der Waals surface area contributed by atoms with Gasteiger partial charge in [-0.3, -0.25) is 14.4 Å². The van der Waals surface area contributed by atoms with Crippen molar-refractivity contribution in [1.82, 2.24) is 9.72 Å². The Kier molecular flexibility index (Phi) is 3.47. The van der Waals surface area contributed by atoms with E-state index in [-0.39, 0.29) is 41.5 Å². The number of fused-ring (bicyclic) bond motifs is 4. The average Bonchev–Trinajstić information content (AvgIpc) is 3.00. The van der Waals surface area contributed by atoms with Crippen LogP contribution in [0.1, 0.15) is 42.3 Å². The van der Waals surface area contributed by atoms with Gasteiger partial charge in [-0.25, -0.2) is 0 Å². The first-order chi connectivity index (χ1) is 12.1. The Morgan fingerprint density at radius 1 is 1.00 bits per heavy atom. The van der Waals surface area contributed by atoms with Crippen LogP contribution < -0.4 is 5.32 Å². The summed E-state index contributed by atoms with van der Waals surface area (Å²) in [5.74, 6) is -1.12. The first-order valence-corrected chi connectivity index (χ1v) is 7.85. The zero-order valence-electron chi connectivity index (χ0n) is 13.2. The zero-order valence-corrected chi connectivity index (χ0v) is 13.2. The number of aliphatic hydroxyl groups is 1. The van der Waals surface area contributed by atoms with Gasteiger partial charge in [-0.1, -0.05) is 30.3 Å². The summed E-state index contributed by atoms with van der Waals surface area (Å²) in [5, 5.41) is 11.5. The van der Waals surface area contributed by atoms with Crippen LogP contribution in [0.2, 0.25) is 0 Å². The van der Waals surface area contributed by atoms with Crippen LogP contribution in [0.4, 0.5) is 0 Å². The normalized spacial score (nSPS) is 12.8. The van der Waals surface area contributed by atoms with Crippen LogP contribution in [0.3, 0.4) is 0 Å². The summed E-state index contributed by atoms with van der Waals surface area (Å²) in [4.78, 5) is 38.6. The van der Waals surface area contributed by atoms with E-state index >= 15 is 0 Å². The quantitative estimate of drug-likeness (QED) is 0.593. The number of amides is 1. The number of hydrogen-bond acceptors (Lipinski definition) is 4. The minimum Gasteiger partial charge on any atom is -0.395 e. The van der Waals surface area contributed by atoms with Gasteiger partial charge in [0.2, 0.25) is 5.78 Å². The second-order valence-electron chi connectivity index (χ2n) is 5.74. The van der Waals surface area contributed by atoms with E-state index in [1.807, 2.05) is 0 Å². The molecule has 25 heavy (non-hydrogen) atoms. The molecule has 2 aromatic heterocycles. The lowest BCUT2D eigenvalue weighted by Crippen LogP contribution is -2.29. The Morgan fingerprint density at radius 2 is 1.68 bits per heavy atom. The van der Waals surface area contributed by atoms with Crippen molar-refractivity contribution in [3.63, 3.8) is 0 Å². The maximum Gasteiger partial charge on any atom is 0.254 e. The molecule has 2 N–H and O–H groups in total. The molecular weight excluding hydrogens is 320 g/mol. The van der Waals surface area contributed by atoms with Gasteiger partial charge in [0.15, 0.2) is 5.78 Å². The second kappa shape index (κ2) is 5.68. The van der Waals surface area contributed by atoms with Crippen LogP contribution in [-0.4, -0.2) is 40.1 Å². The monoisotopic (exact) mass is 334 g/mol. The van der Waals surface area contributed by atoms with Crippen LogP contribution in [0.25, 0.3) is 5.52 Å². The molecule has 3 aromatic rings. The molecule has 0 saturated carbocycles. The van der Waals surface area contributed by atoms with Crippen molar-refractivity contribution in [2.75, 3.05) is 13.2 Å². The Bertz CT molecular complexity index is 1050. The molecule has 0 aliphatic heterocycles. The number of aromatic nitrogens is 1. The van der Waals surface area contributed by atoms with Crippen molar-refractivity contribution in [2.45, 2.75) is 0 Å². The number of carbonyl (C=O) groups is 3. The Hall–Kier alpha value is -3.25. The van der Waals surface area contributed by atoms with Gasteiger partial charge in [-0.15, -0.1) is 0 Å². The molecule has 1 aliphatic rings. The molecule has 0 fully saturated rings. The largest absolute Gasteiger partial charge is 0.395 e. The Balaban J connectivity index is 2.04. The summed E-state index contributed by atoms with van der Waals surface area (Å²) in [5.41, 5.74) is 1.60. The highest BCUT2D eigenvalue weighted by Gasteiger charge is 2.37. The van der Waals surface area contributed by atoms with Crippen LogP contribution in [0.5, 0.6) is 0 Å². The number of aliphatic hydroxyl groups excluding tert-OH is 1. The molecule has 1 aliphatic carbocycles. The minimum absolute atomic E-state index is 0.0660. The number of hydrogen-bond donors (Lipinski definition) is 2. The van der Waals surface area contributed by atoms with Crippen LogP contribution in [-0.2, 0) is 0 Å². The molecule has 1 aromatic carbocycles. The van der Waals surface area contributed by atoms with Crippen molar-refractivity contribution in [3.8, 4) is 0 Å². The van der Waals surface area contributed by atoms with E-state index in [9.17, 15) is 14.4 Å². The van der Waals surface area contributed by atoms with Gasteiger partial charge in [0.25, 0.3) is 5.91 Å². The molecule has 1 amide bonds. The summed E-state index contributed by atoms with van der Waals surface area (Å²) in [6.07, 6.45) is 1.66. The van der Waals surface area contributed by atoms with Gasteiger partial charge in [0.05, 0.1) is 23.3 Å². The summed E-state index contributed by atoms with van der Waals surface area (Å²) >= 11 is 0. The molecule has 6 heteroatoms. The third-order valence-corrected chi connectivity index (χ3v) is 4.33. The highest BCUT2D eigenvalue weighted by molar-refractivity contribution is 6.32. The van der Waals surface area contributed by atoms with Gasteiger partial charge < -0.3 is 14.8 Å². The molecule has 124 valence electrons. The number of ketones is 2. The van der Waals surface area contributed by atoms with E-state index in [0.29, 0.717) is 16.6 Å². The number of nitrogens with zero attached hydrogens (tertiary/aromatic N) is 1. The summed E-state index contributed by atoms with van der Waals surface area (Å²) in [6, 6.07) is 11.8. The average molecular weight is 334 g/mol. The minimum atomic E-state index is -0.487. The summed E-state index contributed by atoms with van der Waals surface area (Å²) in [7, 11) is 0. The van der Waals surface area contributed by atoms with E-state index in [2.05, 4.69) is 5.32 Å². The van der Waals surface area contributed by atoms with Crippen LogP contribution >= 0.6 is 0 Å². The van der Waals surface area contributed by atoms with Gasteiger partial charge in [0.1, 0.15) is 5.69 Å². The summed E-state index contributed by atoms with van der Waals surface area (Å²) < 4.78 is 1.58. The molecule has 6 nitrogen and oxygen atoms in total. The van der Waals surface area contributed by atoms with Gasteiger partial charge in [-0.05, 0) is 12.1 Å². The number of carbonyl (C=O) groups excluding carboxylic acids is 3. The van der Waals surface area contributed by atoms with Gasteiger partial charge >= 0.3 is 0 Å². The van der Waals surface area contributed by atoms with Crippen molar-refractivity contribution in [2.24, 2.45) is 0 Å². The molecule has 0 atom stereocenters. The van der Waals surface area contributed by atoms with Crippen molar-refractivity contribution in [3.05, 3.63) is 76.6 Å². The molecule has 0 saturated heterocycles. The first kappa shape index (κ1) is 15.3. The summed E-state index contributed by atoms with van der Waals surface area (Å²) in [6.45, 7) is -0.147. The lowest BCUT2D eigenvalue weighted by molar-refractivity contribution is 0.0933. The molecule has 4 rings (SSSR count).